The predicted octanol–water partition coefficient (Wildman–Crippen LogP) is 1.50. The second-order valence-electron chi connectivity index (χ2n) is 4.18. The molecule has 86 valence electrons. The third-order valence-corrected chi connectivity index (χ3v) is 2.76. The van der Waals surface area contributed by atoms with Crippen molar-refractivity contribution in [1.82, 2.24) is 4.90 Å². The third kappa shape index (κ3) is 3.22. The second kappa shape index (κ2) is 5.14. The minimum absolute atomic E-state index is 0.224. The van der Waals surface area contributed by atoms with E-state index in [0.717, 1.165) is 25.7 Å². The number of nitrogens with zero attached hydrogens (tertiary/aromatic N) is 1. The van der Waals surface area contributed by atoms with Gasteiger partial charge in [-0.3, -0.25) is 9.59 Å². The number of carboxylic acids is 1. The van der Waals surface area contributed by atoms with Gasteiger partial charge in [0.2, 0.25) is 5.91 Å². The molecule has 1 aliphatic rings. The van der Waals surface area contributed by atoms with Crippen LogP contribution in [0.15, 0.2) is 0 Å². The van der Waals surface area contributed by atoms with E-state index in [1.165, 1.54) is 6.92 Å². The largest absolute Gasteiger partial charge is 0.481 e. The lowest BCUT2D eigenvalue weighted by Crippen LogP contribution is -2.40. The summed E-state index contributed by atoms with van der Waals surface area (Å²) in [5.41, 5.74) is 0. The summed E-state index contributed by atoms with van der Waals surface area (Å²) in [6.45, 7) is 4.24. The fourth-order valence-corrected chi connectivity index (χ4v) is 1.54. The van der Waals surface area contributed by atoms with E-state index < -0.39 is 11.9 Å². The van der Waals surface area contributed by atoms with Gasteiger partial charge in [0.15, 0.2) is 0 Å². The Morgan fingerprint density at radius 1 is 1.47 bits per heavy atom. The van der Waals surface area contributed by atoms with Crippen molar-refractivity contribution >= 4 is 11.9 Å². The molecule has 4 heteroatoms. The lowest BCUT2D eigenvalue weighted by Gasteiger charge is -2.24. The summed E-state index contributed by atoms with van der Waals surface area (Å²) in [6.07, 6.45) is 4.04. The lowest BCUT2D eigenvalue weighted by molar-refractivity contribution is -0.150. The standard InChI is InChI=1S/C11H19NO3/c1-3-4-7-12(9-5-6-9)10(13)8(2)11(14)15/h8-9H,3-7H2,1-2H3,(H,14,15). The maximum atomic E-state index is 11.8. The van der Waals surface area contributed by atoms with Gasteiger partial charge < -0.3 is 10.0 Å². The van der Waals surface area contributed by atoms with Gasteiger partial charge in [-0.25, -0.2) is 0 Å². The highest BCUT2D eigenvalue weighted by molar-refractivity contribution is 5.96. The molecule has 0 radical (unpaired) electrons. The van der Waals surface area contributed by atoms with Crippen LogP contribution in [0.1, 0.15) is 39.5 Å². The molecular weight excluding hydrogens is 194 g/mol. The zero-order valence-electron chi connectivity index (χ0n) is 9.40. The van der Waals surface area contributed by atoms with Crippen LogP contribution in [0.2, 0.25) is 0 Å². The lowest BCUT2D eigenvalue weighted by atomic mass is 10.1. The Balaban J connectivity index is 2.54. The molecule has 0 aromatic carbocycles. The van der Waals surface area contributed by atoms with Crippen LogP contribution in [0, 0.1) is 5.92 Å². The van der Waals surface area contributed by atoms with Gasteiger partial charge in [-0.15, -0.1) is 0 Å². The van der Waals surface area contributed by atoms with Crippen molar-refractivity contribution in [2.45, 2.75) is 45.6 Å². The van der Waals surface area contributed by atoms with E-state index in [9.17, 15) is 9.59 Å². The zero-order chi connectivity index (χ0) is 11.4. The number of rotatable bonds is 6. The molecule has 1 saturated carbocycles. The average molecular weight is 213 g/mol. The van der Waals surface area contributed by atoms with Gasteiger partial charge in [0, 0.05) is 12.6 Å². The van der Waals surface area contributed by atoms with E-state index in [4.69, 9.17) is 5.11 Å². The number of aliphatic carboxylic acids is 1. The molecule has 0 aromatic rings. The summed E-state index contributed by atoms with van der Waals surface area (Å²) >= 11 is 0. The zero-order valence-corrected chi connectivity index (χ0v) is 9.40. The minimum atomic E-state index is -1.03. The number of amides is 1. The van der Waals surface area contributed by atoms with E-state index >= 15 is 0 Å². The highest BCUT2D eigenvalue weighted by Gasteiger charge is 2.35. The van der Waals surface area contributed by atoms with Crippen molar-refractivity contribution in [1.29, 1.82) is 0 Å². The van der Waals surface area contributed by atoms with Crippen molar-refractivity contribution in [3.63, 3.8) is 0 Å². The van der Waals surface area contributed by atoms with Gasteiger partial charge in [0.05, 0.1) is 0 Å². The van der Waals surface area contributed by atoms with E-state index in [1.807, 2.05) is 0 Å². The Labute approximate surface area is 90.3 Å². The van der Waals surface area contributed by atoms with E-state index in [-0.39, 0.29) is 5.91 Å². The van der Waals surface area contributed by atoms with Crippen LogP contribution in [0.4, 0.5) is 0 Å². The molecule has 1 amide bonds. The van der Waals surface area contributed by atoms with Gasteiger partial charge in [-0.1, -0.05) is 13.3 Å². The van der Waals surface area contributed by atoms with Crippen LogP contribution in [-0.2, 0) is 9.59 Å². The molecule has 15 heavy (non-hydrogen) atoms. The summed E-state index contributed by atoms with van der Waals surface area (Å²) in [4.78, 5) is 24.3. The maximum Gasteiger partial charge on any atom is 0.315 e. The van der Waals surface area contributed by atoms with Crippen molar-refractivity contribution in [3.05, 3.63) is 0 Å². The summed E-state index contributed by atoms with van der Waals surface area (Å²) in [5, 5.41) is 8.78. The molecule has 0 bridgehead atoms. The molecule has 1 atom stereocenters. The minimum Gasteiger partial charge on any atom is -0.481 e. The fraction of sp³-hybridized carbons (Fsp3) is 0.818. The highest BCUT2D eigenvalue weighted by atomic mass is 16.4. The number of carboxylic acid groups (broad SMARTS) is 1. The van der Waals surface area contributed by atoms with Crippen LogP contribution in [-0.4, -0.2) is 34.5 Å². The van der Waals surface area contributed by atoms with Gasteiger partial charge in [-0.2, -0.15) is 0 Å². The summed E-state index contributed by atoms with van der Waals surface area (Å²) < 4.78 is 0. The topological polar surface area (TPSA) is 57.6 Å². The van der Waals surface area contributed by atoms with Crippen LogP contribution in [0.5, 0.6) is 0 Å². The Hall–Kier alpha value is -1.06. The van der Waals surface area contributed by atoms with Gasteiger partial charge in [0.1, 0.15) is 5.92 Å². The van der Waals surface area contributed by atoms with Crippen LogP contribution < -0.4 is 0 Å². The van der Waals surface area contributed by atoms with Gasteiger partial charge in [0.25, 0.3) is 0 Å². The van der Waals surface area contributed by atoms with Crippen LogP contribution in [0.25, 0.3) is 0 Å². The molecular formula is C11H19NO3. The SMILES string of the molecule is CCCCN(C(=O)C(C)C(=O)O)C1CC1. The van der Waals surface area contributed by atoms with E-state index in [0.29, 0.717) is 12.6 Å². The Morgan fingerprint density at radius 3 is 2.47 bits per heavy atom. The first-order chi connectivity index (χ1) is 7.07. The summed E-state index contributed by atoms with van der Waals surface area (Å²) in [5.74, 6) is -2.15. The molecule has 0 aromatic heterocycles. The molecule has 1 N–H and O–H groups in total. The van der Waals surface area contributed by atoms with Gasteiger partial charge >= 0.3 is 5.97 Å². The third-order valence-electron chi connectivity index (χ3n) is 2.76. The van der Waals surface area contributed by atoms with Crippen molar-refractivity contribution < 1.29 is 14.7 Å². The summed E-state index contributed by atoms with van der Waals surface area (Å²) in [6, 6.07) is 0.311. The molecule has 0 saturated heterocycles. The first-order valence-electron chi connectivity index (χ1n) is 5.61. The first-order valence-corrected chi connectivity index (χ1v) is 5.61. The highest BCUT2D eigenvalue weighted by Crippen LogP contribution is 2.28. The van der Waals surface area contributed by atoms with Crippen molar-refractivity contribution in [2.24, 2.45) is 5.92 Å². The molecule has 1 unspecified atom stereocenters. The Bertz CT molecular complexity index is 248. The quantitative estimate of drug-likeness (QED) is 0.680. The Kier molecular flexibility index (Phi) is 4.12. The molecule has 1 rings (SSSR count). The normalized spacial score (nSPS) is 17.2. The van der Waals surface area contributed by atoms with E-state index in [2.05, 4.69) is 6.92 Å². The molecule has 0 aliphatic heterocycles. The number of carbonyl (C=O) groups excluding carboxylic acids is 1. The molecule has 0 heterocycles. The number of hydrogen-bond donors (Lipinski definition) is 1. The first kappa shape index (κ1) is 12.0. The second-order valence-corrected chi connectivity index (χ2v) is 4.18. The molecule has 1 fully saturated rings. The average Bonchev–Trinajstić information content (AvgIpc) is 3.00. The molecule has 1 aliphatic carbocycles. The smallest absolute Gasteiger partial charge is 0.315 e. The molecule has 0 spiro atoms. The number of unbranched alkanes of at least 4 members (excludes halogenated alkanes) is 1. The summed E-state index contributed by atoms with van der Waals surface area (Å²) in [7, 11) is 0. The number of hydrogen-bond acceptors (Lipinski definition) is 2. The predicted molar refractivity (Wildman–Crippen MR) is 56.4 cm³/mol. The van der Waals surface area contributed by atoms with Crippen LogP contribution >= 0.6 is 0 Å². The van der Waals surface area contributed by atoms with Crippen LogP contribution in [0.3, 0.4) is 0 Å². The molecule has 4 nitrogen and oxygen atoms in total. The number of carbonyl (C=O) groups is 2. The fourth-order valence-electron chi connectivity index (χ4n) is 1.54. The van der Waals surface area contributed by atoms with Crippen molar-refractivity contribution in [2.75, 3.05) is 6.54 Å². The van der Waals surface area contributed by atoms with E-state index in [1.54, 1.807) is 4.90 Å². The maximum absolute atomic E-state index is 11.8. The van der Waals surface area contributed by atoms with Crippen molar-refractivity contribution in [3.8, 4) is 0 Å². The van der Waals surface area contributed by atoms with Gasteiger partial charge in [-0.05, 0) is 26.2 Å². The monoisotopic (exact) mass is 213 g/mol. The Morgan fingerprint density at radius 2 is 2.07 bits per heavy atom.